The quantitative estimate of drug-likeness (QED) is 0.559. The summed E-state index contributed by atoms with van der Waals surface area (Å²) < 4.78 is 9.96. The van der Waals surface area contributed by atoms with Gasteiger partial charge in [-0.05, 0) is 19.4 Å². The molecule has 0 amide bonds. The summed E-state index contributed by atoms with van der Waals surface area (Å²) in [5, 5.41) is 3.19. The van der Waals surface area contributed by atoms with Crippen LogP contribution in [0.25, 0.3) is 0 Å². The maximum Gasteiger partial charge on any atom is 0.148 e. The first-order valence-corrected chi connectivity index (χ1v) is 3.27. The van der Waals surface area contributed by atoms with Crippen LogP contribution in [0.4, 0.5) is 0 Å². The molecule has 0 saturated carbocycles. The molecule has 1 aliphatic heterocycles. The lowest BCUT2D eigenvalue weighted by molar-refractivity contribution is -0.0762. The SMILES string of the molecule is COCO[C@H]1CCCN1. The van der Waals surface area contributed by atoms with Crippen molar-refractivity contribution in [2.24, 2.45) is 0 Å². The molecule has 0 aromatic carbocycles. The van der Waals surface area contributed by atoms with Crippen molar-refractivity contribution in [2.75, 3.05) is 20.4 Å². The van der Waals surface area contributed by atoms with Crippen LogP contribution < -0.4 is 5.32 Å². The van der Waals surface area contributed by atoms with E-state index in [1.807, 2.05) is 0 Å². The van der Waals surface area contributed by atoms with Crippen LogP contribution >= 0.6 is 0 Å². The molecule has 0 unspecified atom stereocenters. The highest BCUT2D eigenvalue weighted by molar-refractivity contribution is 4.64. The zero-order valence-corrected chi connectivity index (χ0v) is 5.72. The van der Waals surface area contributed by atoms with Gasteiger partial charge in [-0.1, -0.05) is 0 Å². The van der Waals surface area contributed by atoms with Crippen LogP contribution in [0, 0.1) is 0 Å². The van der Waals surface area contributed by atoms with E-state index in [1.54, 1.807) is 7.11 Å². The van der Waals surface area contributed by atoms with E-state index in [0.29, 0.717) is 6.79 Å². The second kappa shape index (κ2) is 3.82. The van der Waals surface area contributed by atoms with Gasteiger partial charge in [0, 0.05) is 7.11 Å². The number of hydrogen-bond acceptors (Lipinski definition) is 3. The van der Waals surface area contributed by atoms with Crippen LogP contribution in [0.5, 0.6) is 0 Å². The Kier molecular flexibility index (Phi) is 2.97. The molecule has 1 heterocycles. The maximum absolute atomic E-state index is 5.22. The Labute approximate surface area is 55.3 Å². The van der Waals surface area contributed by atoms with E-state index in [-0.39, 0.29) is 6.23 Å². The number of methoxy groups -OCH3 is 1. The highest BCUT2D eigenvalue weighted by Gasteiger charge is 2.12. The summed E-state index contributed by atoms with van der Waals surface area (Å²) >= 11 is 0. The second-order valence-electron chi connectivity index (χ2n) is 2.16. The fourth-order valence-corrected chi connectivity index (χ4v) is 0.945. The van der Waals surface area contributed by atoms with Gasteiger partial charge in [-0.2, -0.15) is 0 Å². The van der Waals surface area contributed by atoms with Gasteiger partial charge in [-0.15, -0.1) is 0 Å². The van der Waals surface area contributed by atoms with Crippen molar-refractivity contribution in [1.82, 2.24) is 5.32 Å². The van der Waals surface area contributed by atoms with Gasteiger partial charge in [-0.3, -0.25) is 5.32 Å². The largest absolute Gasteiger partial charge is 0.359 e. The third kappa shape index (κ3) is 2.30. The number of nitrogens with one attached hydrogen (secondary N) is 1. The van der Waals surface area contributed by atoms with Crippen LogP contribution in [0.3, 0.4) is 0 Å². The van der Waals surface area contributed by atoms with Crippen LogP contribution in [-0.2, 0) is 9.47 Å². The standard InChI is InChI=1S/C6H13NO2/c1-8-5-9-6-3-2-4-7-6/h6-7H,2-5H2,1H3/t6-/m0/s1. The molecule has 0 aromatic rings. The predicted molar refractivity (Wildman–Crippen MR) is 34.0 cm³/mol. The number of hydrogen-bond donors (Lipinski definition) is 1. The highest BCUT2D eigenvalue weighted by atomic mass is 16.7. The average Bonchev–Trinajstić information content (AvgIpc) is 2.34. The maximum atomic E-state index is 5.22. The molecule has 1 N–H and O–H groups in total. The Hall–Kier alpha value is -0.120. The summed E-state index contributed by atoms with van der Waals surface area (Å²) in [6.45, 7) is 1.48. The second-order valence-corrected chi connectivity index (χ2v) is 2.16. The first-order chi connectivity index (χ1) is 4.43. The van der Waals surface area contributed by atoms with E-state index in [1.165, 1.54) is 6.42 Å². The van der Waals surface area contributed by atoms with E-state index >= 15 is 0 Å². The topological polar surface area (TPSA) is 30.5 Å². The zero-order valence-electron chi connectivity index (χ0n) is 5.72. The van der Waals surface area contributed by atoms with Crippen molar-refractivity contribution >= 4 is 0 Å². The summed E-state index contributed by atoms with van der Waals surface area (Å²) in [5.74, 6) is 0. The molecular weight excluding hydrogens is 118 g/mol. The molecular formula is C6H13NO2. The van der Waals surface area contributed by atoms with Crippen molar-refractivity contribution in [3.8, 4) is 0 Å². The van der Waals surface area contributed by atoms with E-state index < -0.39 is 0 Å². The van der Waals surface area contributed by atoms with E-state index in [4.69, 9.17) is 9.47 Å². The first kappa shape index (κ1) is 6.99. The van der Waals surface area contributed by atoms with Gasteiger partial charge in [0.05, 0.1) is 0 Å². The first-order valence-electron chi connectivity index (χ1n) is 3.27. The minimum atomic E-state index is 0.241. The minimum Gasteiger partial charge on any atom is -0.359 e. The summed E-state index contributed by atoms with van der Waals surface area (Å²) in [6, 6.07) is 0. The van der Waals surface area contributed by atoms with Gasteiger partial charge < -0.3 is 9.47 Å². The molecule has 3 nitrogen and oxygen atoms in total. The Bertz CT molecular complexity index is 71.5. The summed E-state index contributed by atoms with van der Waals surface area (Å²) in [4.78, 5) is 0. The summed E-state index contributed by atoms with van der Waals surface area (Å²) in [5.41, 5.74) is 0. The van der Waals surface area contributed by atoms with Crippen LogP contribution in [0.2, 0.25) is 0 Å². The summed E-state index contributed by atoms with van der Waals surface area (Å²) in [6.07, 6.45) is 2.57. The fraction of sp³-hybridized carbons (Fsp3) is 1.00. The fourth-order valence-electron chi connectivity index (χ4n) is 0.945. The third-order valence-corrected chi connectivity index (χ3v) is 1.40. The Morgan fingerprint density at radius 3 is 3.11 bits per heavy atom. The van der Waals surface area contributed by atoms with Crippen LogP contribution in [0.15, 0.2) is 0 Å². The lowest BCUT2D eigenvalue weighted by Gasteiger charge is -2.09. The van der Waals surface area contributed by atoms with Crippen molar-refractivity contribution in [3.63, 3.8) is 0 Å². The lowest BCUT2D eigenvalue weighted by Crippen LogP contribution is -2.25. The third-order valence-electron chi connectivity index (χ3n) is 1.40. The van der Waals surface area contributed by atoms with Crippen molar-refractivity contribution < 1.29 is 9.47 Å². The van der Waals surface area contributed by atoms with Gasteiger partial charge in [0.15, 0.2) is 0 Å². The molecule has 0 radical (unpaired) electrons. The molecule has 1 aliphatic rings. The predicted octanol–water partition coefficient (Wildman–Crippen LogP) is 0.316. The van der Waals surface area contributed by atoms with Crippen LogP contribution in [-0.4, -0.2) is 26.7 Å². The molecule has 0 aromatic heterocycles. The van der Waals surface area contributed by atoms with Gasteiger partial charge >= 0.3 is 0 Å². The van der Waals surface area contributed by atoms with Gasteiger partial charge in [0.1, 0.15) is 13.0 Å². The molecule has 0 bridgehead atoms. The molecule has 54 valence electrons. The molecule has 1 fully saturated rings. The lowest BCUT2D eigenvalue weighted by atomic mass is 10.4. The monoisotopic (exact) mass is 131 g/mol. The van der Waals surface area contributed by atoms with Crippen LogP contribution in [0.1, 0.15) is 12.8 Å². The average molecular weight is 131 g/mol. The highest BCUT2D eigenvalue weighted by Crippen LogP contribution is 2.05. The Morgan fingerprint density at radius 2 is 2.56 bits per heavy atom. The van der Waals surface area contributed by atoms with Crippen molar-refractivity contribution in [2.45, 2.75) is 19.1 Å². The van der Waals surface area contributed by atoms with Gasteiger partial charge in [-0.25, -0.2) is 0 Å². The molecule has 1 rings (SSSR count). The van der Waals surface area contributed by atoms with Gasteiger partial charge in [0.25, 0.3) is 0 Å². The van der Waals surface area contributed by atoms with E-state index in [0.717, 1.165) is 13.0 Å². The summed E-state index contributed by atoms with van der Waals surface area (Å²) in [7, 11) is 1.63. The van der Waals surface area contributed by atoms with Crippen molar-refractivity contribution in [1.29, 1.82) is 0 Å². The normalized spacial score (nSPS) is 27.0. The Balaban J connectivity index is 1.98. The number of rotatable bonds is 3. The molecule has 1 atom stereocenters. The molecule has 3 heteroatoms. The molecule has 1 saturated heterocycles. The minimum absolute atomic E-state index is 0.241. The molecule has 0 spiro atoms. The van der Waals surface area contributed by atoms with E-state index in [2.05, 4.69) is 5.32 Å². The number of ether oxygens (including phenoxy) is 2. The smallest absolute Gasteiger partial charge is 0.148 e. The zero-order chi connectivity index (χ0) is 6.53. The molecule has 0 aliphatic carbocycles. The van der Waals surface area contributed by atoms with Gasteiger partial charge in [0.2, 0.25) is 0 Å². The van der Waals surface area contributed by atoms with E-state index in [9.17, 15) is 0 Å². The Morgan fingerprint density at radius 1 is 1.67 bits per heavy atom. The molecule has 9 heavy (non-hydrogen) atoms. The van der Waals surface area contributed by atoms with Crippen molar-refractivity contribution in [3.05, 3.63) is 0 Å².